The maximum atomic E-state index is 12.8. The summed E-state index contributed by atoms with van der Waals surface area (Å²) in [6, 6.07) is 14.0. The van der Waals surface area contributed by atoms with E-state index in [1.54, 1.807) is 12.1 Å². The normalized spacial score (nSPS) is 10.6. The van der Waals surface area contributed by atoms with Crippen molar-refractivity contribution in [2.24, 2.45) is 0 Å². The Hall–Kier alpha value is -3.02. The molecule has 25 heavy (non-hydrogen) atoms. The Bertz CT molecular complexity index is 846. The SMILES string of the molecule is O=C(CCNc1ncnc2ccccc12)NCCc1ccc(F)cc1. The molecule has 0 unspecified atom stereocenters. The quantitative estimate of drug-likeness (QED) is 0.695. The van der Waals surface area contributed by atoms with Crippen LogP contribution in [0.1, 0.15) is 12.0 Å². The van der Waals surface area contributed by atoms with Crippen LogP contribution < -0.4 is 10.6 Å². The van der Waals surface area contributed by atoms with Gasteiger partial charge in [0.1, 0.15) is 18.0 Å². The van der Waals surface area contributed by atoms with Crippen molar-refractivity contribution in [1.29, 1.82) is 0 Å². The first-order chi connectivity index (χ1) is 12.2. The molecule has 0 aliphatic carbocycles. The van der Waals surface area contributed by atoms with E-state index in [1.807, 2.05) is 24.3 Å². The summed E-state index contributed by atoms with van der Waals surface area (Å²) in [5.41, 5.74) is 1.86. The molecule has 0 saturated carbocycles. The molecular formula is C19H19FN4O. The molecule has 0 saturated heterocycles. The first-order valence-corrected chi connectivity index (χ1v) is 8.17. The average Bonchev–Trinajstić information content (AvgIpc) is 2.64. The van der Waals surface area contributed by atoms with Gasteiger partial charge in [0.05, 0.1) is 5.52 Å². The molecule has 0 radical (unpaired) electrons. The lowest BCUT2D eigenvalue weighted by Crippen LogP contribution is -2.27. The first-order valence-electron chi connectivity index (χ1n) is 8.17. The molecule has 2 N–H and O–H groups in total. The van der Waals surface area contributed by atoms with Crippen LogP contribution in [0.15, 0.2) is 54.9 Å². The van der Waals surface area contributed by atoms with Gasteiger partial charge in [0, 0.05) is 24.9 Å². The van der Waals surface area contributed by atoms with Crippen molar-refractivity contribution >= 4 is 22.6 Å². The average molecular weight is 338 g/mol. The molecule has 0 atom stereocenters. The largest absolute Gasteiger partial charge is 0.369 e. The number of carbonyl (C=O) groups is 1. The Kier molecular flexibility index (Phi) is 5.51. The molecule has 128 valence electrons. The molecule has 2 aromatic carbocycles. The molecule has 0 spiro atoms. The second-order valence-corrected chi connectivity index (χ2v) is 5.64. The third-order valence-corrected chi connectivity index (χ3v) is 3.84. The van der Waals surface area contributed by atoms with E-state index in [-0.39, 0.29) is 11.7 Å². The predicted octanol–water partition coefficient (Wildman–Crippen LogP) is 2.93. The van der Waals surface area contributed by atoms with Crippen molar-refractivity contribution in [3.05, 3.63) is 66.2 Å². The van der Waals surface area contributed by atoms with Crippen molar-refractivity contribution in [3.63, 3.8) is 0 Å². The summed E-state index contributed by atoms with van der Waals surface area (Å²) in [5, 5.41) is 6.98. The van der Waals surface area contributed by atoms with Crippen molar-refractivity contribution in [1.82, 2.24) is 15.3 Å². The smallest absolute Gasteiger partial charge is 0.221 e. The molecular weight excluding hydrogens is 319 g/mol. The van der Waals surface area contributed by atoms with E-state index in [2.05, 4.69) is 20.6 Å². The number of rotatable bonds is 7. The topological polar surface area (TPSA) is 66.9 Å². The highest BCUT2D eigenvalue weighted by molar-refractivity contribution is 5.88. The lowest BCUT2D eigenvalue weighted by atomic mass is 10.1. The molecule has 5 nitrogen and oxygen atoms in total. The maximum Gasteiger partial charge on any atom is 0.221 e. The van der Waals surface area contributed by atoms with Crippen LogP contribution in [0.3, 0.4) is 0 Å². The first kappa shape index (κ1) is 16.8. The van der Waals surface area contributed by atoms with Gasteiger partial charge in [-0.1, -0.05) is 24.3 Å². The van der Waals surface area contributed by atoms with E-state index in [1.165, 1.54) is 18.5 Å². The minimum absolute atomic E-state index is 0.0343. The fourth-order valence-electron chi connectivity index (χ4n) is 2.53. The number of benzene rings is 2. The zero-order valence-electron chi connectivity index (χ0n) is 13.7. The van der Waals surface area contributed by atoms with Crippen LogP contribution in [-0.4, -0.2) is 29.0 Å². The summed E-state index contributed by atoms with van der Waals surface area (Å²) in [5.74, 6) is 0.439. The summed E-state index contributed by atoms with van der Waals surface area (Å²) >= 11 is 0. The van der Waals surface area contributed by atoms with E-state index in [0.29, 0.717) is 25.9 Å². The summed E-state index contributed by atoms with van der Waals surface area (Å²) in [6.07, 6.45) is 2.53. The highest BCUT2D eigenvalue weighted by Gasteiger charge is 2.04. The Morgan fingerprint density at radius 1 is 1.00 bits per heavy atom. The number of amides is 1. The van der Waals surface area contributed by atoms with Crippen molar-refractivity contribution in [2.75, 3.05) is 18.4 Å². The fourth-order valence-corrected chi connectivity index (χ4v) is 2.53. The van der Waals surface area contributed by atoms with E-state index in [0.717, 1.165) is 22.3 Å². The number of nitrogens with zero attached hydrogens (tertiary/aromatic N) is 2. The van der Waals surface area contributed by atoms with Gasteiger partial charge >= 0.3 is 0 Å². The van der Waals surface area contributed by atoms with Gasteiger partial charge in [-0.25, -0.2) is 14.4 Å². The van der Waals surface area contributed by atoms with E-state index in [9.17, 15) is 9.18 Å². The summed E-state index contributed by atoms with van der Waals surface area (Å²) < 4.78 is 12.8. The maximum absolute atomic E-state index is 12.8. The number of fused-ring (bicyclic) bond motifs is 1. The zero-order valence-corrected chi connectivity index (χ0v) is 13.7. The Labute approximate surface area is 145 Å². The highest BCUT2D eigenvalue weighted by Crippen LogP contribution is 2.17. The van der Waals surface area contributed by atoms with Crippen LogP contribution in [0, 0.1) is 5.82 Å². The second kappa shape index (κ2) is 8.19. The number of hydrogen-bond acceptors (Lipinski definition) is 4. The summed E-state index contributed by atoms with van der Waals surface area (Å²) in [6.45, 7) is 1.02. The molecule has 3 aromatic rings. The fraction of sp³-hybridized carbons (Fsp3) is 0.211. The Balaban J connectivity index is 1.42. The molecule has 1 aromatic heterocycles. The van der Waals surface area contributed by atoms with Gasteiger partial charge < -0.3 is 10.6 Å². The number of para-hydroxylation sites is 1. The van der Waals surface area contributed by atoms with Crippen LogP contribution in [0.5, 0.6) is 0 Å². The Morgan fingerprint density at radius 2 is 1.80 bits per heavy atom. The van der Waals surface area contributed by atoms with Crippen molar-refractivity contribution < 1.29 is 9.18 Å². The number of aromatic nitrogens is 2. The predicted molar refractivity (Wildman–Crippen MR) is 95.8 cm³/mol. The zero-order chi connectivity index (χ0) is 17.5. The van der Waals surface area contributed by atoms with Gasteiger partial charge in [0.25, 0.3) is 0 Å². The number of nitrogens with one attached hydrogen (secondary N) is 2. The second-order valence-electron chi connectivity index (χ2n) is 5.64. The number of carbonyl (C=O) groups excluding carboxylic acids is 1. The van der Waals surface area contributed by atoms with E-state index in [4.69, 9.17) is 0 Å². The van der Waals surface area contributed by atoms with Crippen molar-refractivity contribution in [3.8, 4) is 0 Å². The molecule has 6 heteroatoms. The van der Waals surface area contributed by atoms with Crippen LogP contribution in [0.2, 0.25) is 0 Å². The van der Waals surface area contributed by atoms with Gasteiger partial charge in [-0.2, -0.15) is 0 Å². The molecule has 0 aliphatic rings. The van der Waals surface area contributed by atoms with Crippen LogP contribution >= 0.6 is 0 Å². The highest BCUT2D eigenvalue weighted by atomic mass is 19.1. The van der Waals surface area contributed by atoms with Gasteiger partial charge in [-0.15, -0.1) is 0 Å². The molecule has 1 heterocycles. The van der Waals surface area contributed by atoms with Gasteiger partial charge in [0.2, 0.25) is 5.91 Å². The molecule has 0 bridgehead atoms. The van der Waals surface area contributed by atoms with Gasteiger partial charge in [-0.3, -0.25) is 4.79 Å². The lowest BCUT2D eigenvalue weighted by Gasteiger charge is -2.09. The number of hydrogen-bond donors (Lipinski definition) is 2. The van der Waals surface area contributed by atoms with Crippen LogP contribution in [-0.2, 0) is 11.2 Å². The minimum atomic E-state index is -0.254. The number of anilines is 1. The number of halogens is 1. The third-order valence-electron chi connectivity index (χ3n) is 3.84. The van der Waals surface area contributed by atoms with Crippen molar-refractivity contribution in [2.45, 2.75) is 12.8 Å². The van der Waals surface area contributed by atoms with Crippen LogP contribution in [0.25, 0.3) is 10.9 Å². The monoisotopic (exact) mass is 338 g/mol. The van der Waals surface area contributed by atoms with Gasteiger partial charge in [0.15, 0.2) is 0 Å². The molecule has 0 fully saturated rings. The standard InChI is InChI=1S/C19H19FN4O/c20-15-7-5-14(6-8-15)9-11-21-18(25)10-12-22-19-16-3-1-2-4-17(16)23-13-24-19/h1-8,13H,9-12H2,(H,21,25)(H,22,23,24). The summed E-state index contributed by atoms with van der Waals surface area (Å²) in [4.78, 5) is 20.3. The Morgan fingerprint density at radius 3 is 2.64 bits per heavy atom. The minimum Gasteiger partial charge on any atom is -0.369 e. The van der Waals surface area contributed by atoms with Crippen LogP contribution in [0.4, 0.5) is 10.2 Å². The summed E-state index contributed by atoms with van der Waals surface area (Å²) in [7, 11) is 0. The molecule has 0 aliphatic heterocycles. The third kappa shape index (κ3) is 4.73. The van der Waals surface area contributed by atoms with E-state index >= 15 is 0 Å². The molecule has 1 amide bonds. The lowest BCUT2D eigenvalue weighted by molar-refractivity contribution is -0.120. The van der Waals surface area contributed by atoms with Gasteiger partial charge in [-0.05, 0) is 36.2 Å². The van der Waals surface area contributed by atoms with E-state index < -0.39 is 0 Å². The molecule has 3 rings (SSSR count).